The Morgan fingerprint density at radius 1 is 1.12 bits per heavy atom. The van der Waals surface area contributed by atoms with E-state index in [4.69, 9.17) is 17.3 Å². The normalized spacial score (nSPS) is 10.6. The van der Waals surface area contributed by atoms with Crippen molar-refractivity contribution in [3.8, 4) is 11.1 Å². The first-order valence-electron chi connectivity index (χ1n) is 5.01. The number of hydrogen-bond acceptors (Lipinski definition) is 1. The van der Waals surface area contributed by atoms with Crippen LogP contribution in [0.3, 0.4) is 0 Å². The summed E-state index contributed by atoms with van der Waals surface area (Å²) >= 11 is 5.65. The van der Waals surface area contributed by atoms with E-state index < -0.39 is 11.6 Å². The predicted octanol–water partition coefficient (Wildman–Crippen LogP) is 4.18. The Morgan fingerprint density at radius 2 is 1.82 bits per heavy atom. The lowest BCUT2D eigenvalue weighted by molar-refractivity contribution is 0.590. The van der Waals surface area contributed by atoms with Gasteiger partial charge in [0, 0.05) is 5.69 Å². The van der Waals surface area contributed by atoms with Crippen LogP contribution in [-0.4, -0.2) is 0 Å². The highest BCUT2D eigenvalue weighted by Gasteiger charge is 2.16. The highest BCUT2D eigenvalue weighted by Crippen LogP contribution is 2.34. The molecular weight excluding hydrogens is 244 g/mol. The van der Waals surface area contributed by atoms with E-state index in [1.807, 2.05) is 0 Å². The molecule has 17 heavy (non-hydrogen) atoms. The molecule has 2 N–H and O–H groups in total. The molecule has 2 aromatic carbocycles. The highest BCUT2D eigenvalue weighted by atomic mass is 35.5. The largest absolute Gasteiger partial charge is 0.398 e. The topological polar surface area (TPSA) is 26.0 Å². The molecule has 0 radical (unpaired) electrons. The first kappa shape index (κ1) is 11.9. The summed E-state index contributed by atoms with van der Waals surface area (Å²) in [6.45, 7) is 1.71. The van der Waals surface area contributed by atoms with Crippen LogP contribution in [0, 0.1) is 18.6 Å². The van der Waals surface area contributed by atoms with Gasteiger partial charge in [0.05, 0.1) is 10.6 Å². The molecule has 1 nitrogen and oxygen atoms in total. The molecule has 0 aliphatic carbocycles. The Labute approximate surface area is 103 Å². The third-order valence-corrected chi connectivity index (χ3v) is 2.98. The van der Waals surface area contributed by atoms with Gasteiger partial charge in [0.25, 0.3) is 0 Å². The highest BCUT2D eigenvalue weighted by molar-refractivity contribution is 6.31. The zero-order valence-electron chi connectivity index (χ0n) is 9.10. The lowest BCUT2D eigenvalue weighted by atomic mass is 9.98. The first-order chi connectivity index (χ1) is 8.02. The number of anilines is 1. The zero-order chi connectivity index (χ0) is 12.6. The van der Waals surface area contributed by atoms with E-state index >= 15 is 0 Å². The monoisotopic (exact) mass is 253 g/mol. The van der Waals surface area contributed by atoms with Gasteiger partial charge in [-0.2, -0.15) is 0 Å². The van der Waals surface area contributed by atoms with Crippen LogP contribution in [0.15, 0.2) is 30.3 Å². The molecule has 0 amide bonds. The van der Waals surface area contributed by atoms with Crippen molar-refractivity contribution >= 4 is 17.3 Å². The van der Waals surface area contributed by atoms with E-state index in [9.17, 15) is 8.78 Å². The number of halogens is 3. The van der Waals surface area contributed by atoms with Crippen molar-refractivity contribution in [1.82, 2.24) is 0 Å². The van der Waals surface area contributed by atoms with Gasteiger partial charge in [-0.1, -0.05) is 23.7 Å². The first-order valence-corrected chi connectivity index (χ1v) is 5.39. The molecule has 0 spiro atoms. The van der Waals surface area contributed by atoms with Crippen LogP contribution >= 0.6 is 11.6 Å². The second-order valence-electron chi connectivity index (χ2n) is 3.74. The zero-order valence-corrected chi connectivity index (χ0v) is 9.85. The van der Waals surface area contributed by atoms with Crippen molar-refractivity contribution < 1.29 is 8.78 Å². The van der Waals surface area contributed by atoms with Crippen molar-refractivity contribution in [1.29, 1.82) is 0 Å². The summed E-state index contributed by atoms with van der Waals surface area (Å²) in [5, 5.41) is -0.108. The van der Waals surface area contributed by atoms with Crippen molar-refractivity contribution in [3.63, 3.8) is 0 Å². The van der Waals surface area contributed by atoms with Gasteiger partial charge in [-0.3, -0.25) is 0 Å². The summed E-state index contributed by atoms with van der Waals surface area (Å²) in [5.41, 5.74) is 7.12. The van der Waals surface area contributed by atoms with Crippen LogP contribution in [0.25, 0.3) is 11.1 Å². The molecule has 0 fully saturated rings. The van der Waals surface area contributed by atoms with Crippen LogP contribution in [-0.2, 0) is 0 Å². The predicted molar refractivity (Wildman–Crippen MR) is 66.0 cm³/mol. The van der Waals surface area contributed by atoms with Crippen molar-refractivity contribution in [3.05, 3.63) is 52.6 Å². The molecule has 0 saturated carbocycles. The van der Waals surface area contributed by atoms with Gasteiger partial charge in [-0.05, 0) is 36.2 Å². The summed E-state index contributed by atoms with van der Waals surface area (Å²) in [7, 11) is 0. The lowest BCUT2D eigenvalue weighted by Crippen LogP contribution is -1.96. The second-order valence-corrected chi connectivity index (χ2v) is 4.15. The molecule has 0 saturated heterocycles. The summed E-state index contributed by atoms with van der Waals surface area (Å²) < 4.78 is 27.5. The number of nitrogens with two attached hydrogens (primary N) is 1. The van der Waals surface area contributed by atoms with E-state index in [2.05, 4.69) is 0 Å². The molecule has 0 bridgehead atoms. The molecule has 2 aromatic rings. The molecule has 4 heteroatoms. The molecule has 0 unspecified atom stereocenters. The fraction of sp³-hybridized carbons (Fsp3) is 0.0769. The van der Waals surface area contributed by atoms with Gasteiger partial charge in [0.1, 0.15) is 5.82 Å². The number of benzene rings is 2. The number of hydrogen-bond donors (Lipinski definition) is 1. The Hall–Kier alpha value is -1.61. The van der Waals surface area contributed by atoms with Gasteiger partial charge < -0.3 is 5.73 Å². The minimum Gasteiger partial charge on any atom is -0.398 e. The second kappa shape index (κ2) is 4.34. The fourth-order valence-electron chi connectivity index (χ4n) is 1.70. The van der Waals surface area contributed by atoms with Crippen molar-refractivity contribution in [2.24, 2.45) is 0 Å². The molecule has 0 heterocycles. The average Bonchev–Trinajstić information content (AvgIpc) is 2.30. The minimum atomic E-state index is -0.764. The quantitative estimate of drug-likeness (QED) is 0.599. The lowest BCUT2D eigenvalue weighted by Gasteiger charge is -2.11. The van der Waals surface area contributed by atoms with Crippen LogP contribution < -0.4 is 5.73 Å². The van der Waals surface area contributed by atoms with Crippen LogP contribution in [0.4, 0.5) is 14.5 Å². The Morgan fingerprint density at radius 3 is 2.53 bits per heavy atom. The van der Waals surface area contributed by atoms with Crippen molar-refractivity contribution in [2.75, 3.05) is 5.73 Å². The fourth-order valence-corrected chi connectivity index (χ4v) is 1.86. The maximum Gasteiger partial charge on any atom is 0.152 e. The smallest absolute Gasteiger partial charge is 0.152 e. The molecule has 0 aromatic heterocycles. The van der Waals surface area contributed by atoms with Gasteiger partial charge in [-0.25, -0.2) is 8.78 Å². The van der Waals surface area contributed by atoms with Crippen molar-refractivity contribution in [2.45, 2.75) is 6.92 Å². The maximum absolute atomic E-state index is 13.8. The van der Waals surface area contributed by atoms with E-state index in [1.165, 1.54) is 6.07 Å². The van der Waals surface area contributed by atoms with Crippen LogP contribution in [0.5, 0.6) is 0 Å². The SMILES string of the molecule is Cc1c(N)cccc1-c1c(F)ccc(Cl)c1F. The minimum absolute atomic E-state index is 0.108. The molecular formula is C13H10ClF2N. The van der Waals surface area contributed by atoms with Gasteiger partial charge >= 0.3 is 0 Å². The van der Waals surface area contributed by atoms with Crippen LogP contribution in [0.2, 0.25) is 5.02 Å². The Bertz CT molecular complexity index is 582. The molecule has 0 atom stereocenters. The number of rotatable bonds is 1. The Balaban J connectivity index is 2.77. The third kappa shape index (κ3) is 1.98. The maximum atomic E-state index is 13.8. The summed E-state index contributed by atoms with van der Waals surface area (Å²) in [4.78, 5) is 0. The van der Waals surface area contributed by atoms with E-state index in [-0.39, 0.29) is 10.6 Å². The molecule has 2 rings (SSSR count). The summed E-state index contributed by atoms with van der Waals surface area (Å²) in [5.74, 6) is -1.42. The van der Waals surface area contributed by atoms with Crippen LogP contribution in [0.1, 0.15) is 5.56 Å². The molecule has 0 aliphatic heterocycles. The number of nitrogen functional groups attached to an aromatic ring is 1. The molecule has 0 aliphatic rings. The van der Waals surface area contributed by atoms with Gasteiger partial charge in [-0.15, -0.1) is 0 Å². The van der Waals surface area contributed by atoms with Gasteiger partial charge in [0.15, 0.2) is 5.82 Å². The summed E-state index contributed by atoms with van der Waals surface area (Å²) in [6.07, 6.45) is 0. The van der Waals surface area contributed by atoms with Gasteiger partial charge in [0.2, 0.25) is 0 Å². The third-order valence-electron chi connectivity index (χ3n) is 2.69. The average molecular weight is 254 g/mol. The van der Waals surface area contributed by atoms with E-state index in [0.29, 0.717) is 16.8 Å². The van der Waals surface area contributed by atoms with E-state index in [1.54, 1.807) is 25.1 Å². The molecule has 88 valence electrons. The Kier molecular flexibility index (Phi) is 3.03. The summed E-state index contributed by atoms with van der Waals surface area (Å²) in [6, 6.07) is 7.28. The standard InChI is InChI=1S/C13H10ClF2N/c1-7-8(3-2-4-11(7)17)12-10(15)6-5-9(14)13(12)16/h2-6H,17H2,1H3. The van der Waals surface area contributed by atoms with E-state index in [0.717, 1.165) is 6.07 Å².